The highest BCUT2D eigenvalue weighted by molar-refractivity contribution is 7.98. The lowest BCUT2D eigenvalue weighted by Crippen LogP contribution is -2.57. The lowest BCUT2D eigenvalue weighted by Gasteiger charge is -2.29. The second kappa shape index (κ2) is 11.4. The van der Waals surface area contributed by atoms with Crippen molar-refractivity contribution in [3.8, 4) is 0 Å². The molecule has 2 saturated heterocycles. The lowest BCUT2D eigenvalue weighted by atomic mass is 10.1. The van der Waals surface area contributed by atoms with Crippen LogP contribution in [0.3, 0.4) is 0 Å². The van der Waals surface area contributed by atoms with E-state index in [1.807, 2.05) is 6.26 Å². The molecule has 29 heavy (non-hydrogen) atoms. The summed E-state index contributed by atoms with van der Waals surface area (Å²) in [5.41, 5.74) is 0. The number of nitrogens with one attached hydrogen (secondary N) is 3. The maximum absolute atomic E-state index is 13.1. The van der Waals surface area contributed by atoms with Crippen molar-refractivity contribution in [2.45, 2.75) is 56.3 Å². The third-order valence-corrected chi connectivity index (χ3v) is 5.88. The number of amides is 3. The van der Waals surface area contributed by atoms with Gasteiger partial charge < -0.3 is 31.1 Å². The van der Waals surface area contributed by atoms with Gasteiger partial charge in [-0.25, -0.2) is 4.79 Å². The topological polar surface area (TPSA) is 148 Å². The van der Waals surface area contributed by atoms with Crippen LogP contribution in [-0.4, -0.2) is 94.7 Å². The molecular weight excluding hydrogens is 400 g/mol. The summed E-state index contributed by atoms with van der Waals surface area (Å²) in [5, 5.41) is 26.3. The molecule has 0 aromatic heterocycles. The molecule has 164 valence electrons. The molecule has 3 amide bonds. The summed E-state index contributed by atoms with van der Waals surface area (Å²) in [6.07, 6.45) is 5.00. The fraction of sp³-hybridized carbons (Fsp3) is 0.778. The van der Waals surface area contributed by atoms with E-state index in [9.17, 15) is 19.2 Å². The number of thioether (sulfide) groups is 1. The van der Waals surface area contributed by atoms with Gasteiger partial charge in [-0.1, -0.05) is 0 Å². The van der Waals surface area contributed by atoms with Crippen molar-refractivity contribution < 1.29 is 29.4 Å². The van der Waals surface area contributed by atoms with Crippen LogP contribution in [0.5, 0.6) is 0 Å². The van der Waals surface area contributed by atoms with Gasteiger partial charge in [0.2, 0.25) is 17.7 Å². The van der Waals surface area contributed by atoms with Crippen LogP contribution in [0, 0.1) is 0 Å². The van der Waals surface area contributed by atoms with E-state index in [4.69, 9.17) is 10.2 Å². The van der Waals surface area contributed by atoms with Crippen molar-refractivity contribution in [2.24, 2.45) is 0 Å². The Labute approximate surface area is 174 Å². The van der Waals surface area contributed by atoms with Gasteiger partial charge in [0, 0.05) is 6.54 Å². The van der Waals surface area contributed by atoms with E-state index in [1.54, 1.807) is 11.8 Å². The van der Waals surface area contributed by atoms with E-state index in [2.05, 4.69) is 16.0 Å². The van der Waals surface area contributed by atoms with Gasteiger partial charge in [-0.05, 0) is 50.7 Å². The van der Waals surface area contributed by atoms with Crippen molar-refractivity contribution in [3.63, 3.8) is 0 Å². The van der Waals surface area contributed by atoms with Gasteiger partial charge in [0.1, 0.15) is 18.1 Å². The fourth-order valence-electron chi connectivity index (χ4n) is 3.63. The summed E-state index contributed by atoms with van der Waals surface area (Å²) < 4.78 is 0. The molecule has 4 unspecified atom stereocenters. The third-order valence-electron chi connectivity index (χ3n) is 5.24. The van der Waals surface area contributed by atoms with E-state index >= 15 is 0 Å². The fourth-order valence-corrected chi connectivity index (χ4v) is 4.10. The number of aliphatic hydroxyl groups excluding tert-OH is 1. The summed E-state index contributed by atoms with van der Waals surface area (Å²) in [7, 11) is 0. The molecule has 0 aromatic rings. The summed E-state index contributed by atoms with van der Waals surface area (Å²) in [6.45, 7) is 0.398. The highest BCUT2D eigenvalue weighted by Crippen LogP contribution is 2.20. The number of hydrogen-bond acceptors (Lipinski definition) is 7. The van der Waals surface area contributed by atoms with Crippen molar-refractivity contribution in [3.05, 3.63) is 0 Å². The smallest absolute Gasteiger partial charge is 0.328 e. The molecule has 2 rings (SSSR count). The molecule has 4 atom stereocenters. The van der Waals surface area contributed by atoms with Crippen molar-refractivity contribution in [1.29, 1.82) is 0 Å². The van der Waals surface area contributed by atoms with Crippen LogP contribution < -0.4 is 16.0 Å². The molecule has 0 aliphatic carbocycles. The number of aliphatic carboxylic acids is 1. The monoisotopic (exact) mass is 430 g/mol. The number of likely N-dealkylation sites (tertiary alicyclic amines) is 1. The highest BCUT2D eigenvalue weighted by Gasteiger charge is 2.39. The Kier molecular flexibility index (Phi) is 9.18. The van der Waals surface area contributed by atoms with E-state index in [1.165, 1.54) is 4.90 Å². The second-order valence-corrected chi connectivity index (χ2v) is 8.25. The molecule has 2 aliphatic heterocycles. The number of hydrogen-bond donors (Lipinski definition) is 5. The molecule has 2 aliphatic rings. The first-order valence-corrected chi connectivity index (χ1v) is 11.3. The van der Waals surface area contributed by atoms with Gasteiger partial charge >= 0.3 is 5.97 Å². The zero-order chi connectivity index (χ0) is 21.4. The Balaban J connectivity index is 2.05. The number of carbonyl (C=O) groups is 4. The molecular formula is C18H30N4O6S. The van der Waals surface area contributed by atoms with Gasteiger partial charge in [-0.15, -0.1) is 0 Å². The molecule has 2 heterocycles. The molecule has 0 spiro atoms. The molecule has 0 saturated carbocycles. The quantitative estimate of drug-likeness (QED) is 0.282. The SMILES string of the molecule is CSCCC(NC(=O)C1CCCN1)C(=O)N1CCCC1C(=O)NC(CO)C(=O)O. The van der Waals surface area contributed by atoms with Crippen LogP contribution >= 0.6 is 11.8 Å². The van der Waals surface area contributed by atoms with Crippen LogP contribution in [0.4, 0.5) is 0 Å². The second-order valence-electron chi connectivity index (χ2n) is 7.26. The van der Waals surface area contributed by atoms with Crippen LogP contribution in [0.25, 0.3) is 0 Å². The zero-order valence-electron chi connectivity index (χ0n) is 16.6. The van der Waals surface area contributed by atoms with Gasteiger partial charge in [0.15, 0.2) is 0 Å². The van der Waals surface area contributed by atoms with Gasteiger partial charge in [0.05, 0.1) is 12.6 Å². The Hall–Kier alpha value is -1.85. The zero-order valence-corrected chi connectivity index (χ0v) is 17.4. The summed E-state index contributed by atoms with van der Waals surface area (Å²) in [6, 6.07) is -3.27. The number of nitrogens with zero attached hydrogens (tertiary/aromatic N) is 1. The minimum atomic E-state index is -1.42. The first-order valence-electron chi connectivity index (χ1n) is 9.86. The minimum Gasteiger partial charge on any atom is -0.480 e. The molecule has 0 radical (unpaired) electrons. The van der Waals surface area contributed by atoms with Crippen LogP contribution in [-0.2, 0) is 19.2 Å². The van der Waals surface area contributed by atoms with Gasteiger partial charge in [-0.2, -0.15) is 11.8 Å². The Morgan fingerprint density at radius 1 is 1.14 bits per heavy atom. The van der Waals surface area contributed by atoms with Crippen molar-refractivity contribution >= 4 is 35.5 Å². The van der Waals surface area contributed by atoms with Crippen LogP contribution in [0.2, 0.25) is 0 Å². The van der Waals surface area contributed by atoms with E-state index in [0.29, 0.717) is 31.6 Å². The molecule has 5 N–H and O–H groups in total. The van der Waals surface area contributed by atoms with E-state index < -0.39 is 36.6 Å². The predicted molar refractivity (Wildman–Crippen MR) is 107 cm³/mol. The predicted octanol–water partition coefficient (Wildman–Crippen LogP) is -1.47. The normalized spacial score (nSPS) is 23.4. The molecule has 11 heteroatoms. The summed E-state index contributed by atoms with van der Waals surface area (Å²) in [4.78, 5) is 50.6. The standard InChI is InChI=1S/C18H30N4O6S/c1-29-9-6-12(20-15(24)11-4-2-7-19-11)17(26)22-8-3-5-14(22)16(25)21-13(10-23)18(27)28/h11-14,19,23H,2-10H2,1H3,(H,20,24)(H,21,25)(H,27,28). The van der Waals surface area contributed by atoms with E-state index in [0.717, 1.165) is 19.4 Å². The molecule has 2 fully saturated rings. The van der Waals surface area contributed by atoms with Gasteiger partial charge in [0.25, 0.3) is 0 Å². The minimum absolute atomic E-state index is 0.214. The first kappa shape index (κ1) is 23.4. The molecule has 0 bridgehead atoms. The van der Waals surface area contributed by atoms with Crippen LogP contribution in [0.15, 0.2) is 0 Å². The first-order chi connectivity index (χ1) is 13.9. The Bertz CT molecular complexity index is 613. The average molecular weight is 431 g/mol. The maximum Gasteiger partial charge on any atom is 0.328 e. The lowest BCUT2D eigenvalue weighted by molar-refractivity contribution is -0.145. The maximum atomic E-state index is 13.1. The number of carboxylic acids is 1. The number of rotatable bonds is 10. The number of carboxylic acid groups (broad SMARTS) is 1. The van der Waals surface area contributed by atoms with E-state index in [-0.39, 0.29) is 17.9 Å². The number of aliphatic hydroxyl groups is 1. The van der Waals surface area contributed by atoms with Crippen molar-refractivity contribution in [1.82, 2.24) is 20.9 Å². The Morgan fingerprint density at radius 2 is 1.86 bits per heavy atom. The van der Waals surface area contributed by atoms with Crippen LogP contribution in [0.1, 0.15) is 32.1 Å². The Morgan fingerprint density at radius 3 is 2.45 bits per heavy atom. The molecule has 10 nitrogen and oxygen atoms in total. The number of carbonyl (C=O) groups excluding carboxylic acids is 3. The highest BCUT2D eigenvalue weighted by atomic mass is 32.2. The summed E-state index contributed by atoms with van der Waals surface area (Å²) in [5.74, 6) is -1.83. The average Bonchev–Trinajstić information content (AvgIpc) is 3.40. The van der Waals surface area contributed by atoms with Gasteiger partial charge in [-0.3, -0.25) is 14.4 Å². The molecule has 0 aromatic carbocycles. The van der Waals surface area contributed by atoms with Crippen molar-refractivity contribution in [2.75, 3.05) is 31.7 Å². The summed E-state index contributed by atoms with van der Waals surface area (Å²) >= 11 is 1.56. The third kappa shape index (κ3) is 6.31. The largest absolute Gasteiger partial charge is 0.480 e.